The Balaban J connectivity index is 2.01. The average Bonchev–Trinajstić information content (AvgIpc) is 2.59. The molecule has 0 aromatic carbocycles. The first-order chi connectivity index (χ1) is 12.1. The van der Waals surface area contributed by atoms with E-state index in [9.17, 15) is 4.79 Å². The highest BCUT2D eigenvalue weighted by Crippen LogP contribution is 2.62. The smallest absolute Gasteiger partial charge is 0.142 e. The molecule has 2 fully saturated rings. The van der Waals surface area contributed by atoms with Gasteiger partial charge in [-0.05, 0) is 88.4 Å². The predicted octanol–water partition coefficient (Wildman–Crippen LogP) is 7.27. The van der Waals surface area contributed by atoms with Gasteiger partial charge in [0, 0.05) is 11.3 Å². The van der Waals surface area contributed by atoms with E-state index in [1.54, 1.807) is 0 Å². The zero-order valence-corrected chi connectivity index (χ0v) is 18.1. The van der Waals surface area contributed by atoms with Crippen molar-refractivity contribution in [3.05, 3.63) is 23.3 Å². The Hall–Kier alpha value is -0.850. The Morgan fingerprint density at radius 2 is 1.46 bits per heavy atom. The first-order valence-electron chi connectivity index (χ1n) is 10.9. The fraction of sp³-hybridized carbons (Fsp3) is 0.800. The number of ketones is 1. The van der Waals surface area contributed by atoms with Crippen LogP contribution in [-0.2, 0) is 4.79 Å². The van der Waals surface area contributed by atoms with E-state index < -0.39 is 0 Å². The highest BCUT2D eigenvalue weighted by molar-refractivity contribution is 5.88. The van der Waals surface area contributed by atoms with Gasteiger partial charge in [0.05, 0.1) is 0 Å². The second-order valence-electron chi connectivity index (χ2n) is 11.0. The molecule has 26 heavy (non-hydrogen) atoms. The molecule has 1 nitrogen and oxygen atoms in total. The normalized spacial score (nSPS) is 41.2. The van der Waals surface area contributed by atoms with Crippen LogP contribution in [0.25, 0.3) is 0 Å². The largest absolute Gasteiger partial charge is 0.299 e. The Morgan fingerprint density at radius 1 is 0.846 bits per heavy atom. The van der Waals surface area contributed by atoms with Gasteiger partial charge in [-0.2, -0.15) is 0 Å². The van der Waals surface area contributed by atoms with Gasteiger partial charge in [-0.25, -0.2) is 0 Å². The molecule has 0 radical (unpaired) electrons. The maximum atomic E-state index is 13.6. The number of carbonyl (C=O) groups is 1. The first kappa shape index (κ1) is 19.9. The monoisotopic (exact) mass is 356 g/mol. The quantitative estimate of drug-likeness (QED) is 0.417. The minimum absolute atomic E-state index is 0.134. The third-order valence-corrected chi connectivity index (χ3v) is 8.38. The molecular formula is C25H40O. The second kappa shape index (κ2) is 6.95. The van der Waals surface area contributed by atoms with E-state index in [4.69, 9.17) is 0 Å². The zero-order chi connectivity index (χ0) is 19.2. The van der Waals surface area contributed by atoms with Gasteiger partial charge >= 0.3 is 0 Å². The van der Waals surface area contributed by atoms with Gasteiger partial charge in [0.2, 0.25) is 0 Å². The molecule has 2 saturated carbocycles. The number of hydrogen-bond donors (Lipinski definition) is 0. The Bertz CT molecular complexity index is 622. The van der Waals surface area contributed by atoms with Gasteiger partial charge in [0.25, 0.3) is 0 Å². The van der Waals surface area contributed by atoms with Crippen molar-refractivity contribution >= 4 is 5.78 Å². The van der Waals surface area contributed by atoms with Crippen molar-refractivity contribution in [3.8, 4) is 0 Å². The number of hydrogen-bond acceptors (Lipinski definition) is 1. The van der Waals surface area contributed by atoms with Crippen LogP contribution in [0, 0.1) is 28.1 Å². The van der Waals surface area contributed by atoms with Crippen molar-refractivity contribution in [2.24, 2.45) is 28.1 Å². The summed E-state index contributed by atoms with van der Waals surface area (Å²) in [6.45, 7) is 13.9. The summed E-state index contributed by atoms with van der Waals surface area (Å²) in [6, 6.07) is 0. The minimum atomic E-state index is -0.134. The minimum Gasteiger partial charge on any atom is -0.299 e. The molecule has 0 bridgehead atoms. The van der Waals surface area contributed by atoms with E-state index in [0.29, 0.717) is 11.7 Å². The maximum Gasteiger partial charge on any atom is 0.142 e. The van der Waals surface area contributed by atoms with Gasteiger partial charge in [-0.1, -0.05) is 51.0 Å². The lowest BCUT2D eigenvalue weighted by atomic mass is 9.45. The molecule has 0 spiro atoms. The molecule has 0 N–H and O–H groups in total. The molecule has 0 aromatic rings. The van der Waals surface area contributed by atoms with Gasteiger partial charge < -0.3 is 0 Å². The van der Waals surface area contributed by atoms with Crippen LogP contribution < -0.4 is 0 Å². The maximum absolute atomic E-state index is 13.6. The average molecular weight is 357 g/mol. The van der Waals surface area contributed by atoms with Crippen molar-refractivity contribution in [1.82, 2.24) is 0 Å². The van der Waals surface area contributed by atoms with Crippen LogP contribution >= 0.6 is 0 Å². The van der Waals surface area contributed by atoms with Crippen LogP contribution in [0.3, 0.4) is 0 Å². The van der Waals surface area contributed by atoms with Crippen molar-refractivity contribution in [3.63, 3.8) is 0 Å². The van der Waals surface area contributed by atoms with Crippen molar-refractivity contribution in [2.75, 3.05) is 0 Å². The summed E-state index contributed by atoms with van der Waals surface area (Å²) < 4.78 is 0. The summed E-state index contributed by atoms with van der Waals surface area (Å²) in [5, 5.41) is 0. The van der Waals surface area contributed by atoms with E-state index >= 15 is 0 Å². The summed E-state index contributed by atoms with van der Waals surface area (Å²) in [5.74, 6) is 1.35. The topological polar surface area (TPSA) is 17.1 Å². The van der Waals surface area contributed by atoms with E-state index in [-0.39, 0.29) is 22.2 Å². The number of carbonyl (C=O) groups excluding carboxylic acids is 1. The molecule has 0 heterocycles. The number of Topliss-reactive ketones (excluding diaryl/α,β-unsaturated/α-hetero) is 1. The first-order valence-corrected chi connectivity index (χ1v) is 10.9. The van der Waals surface area contributed by atoms with Crippen LogP contribution in [-0.4, -0.2) is 5.78 Å². The van der Waals surface area contributed by atoms with Crippen molar-refractivity contribution in [1.29, 1.82) is 0 Å². The molecule has 0 amide bonds. The molecule has 4 atom stereocenters. The van der Waals surface area contributed by atoms with E-state index in [0.717, 1.165) is 12.8 Å². The van der Waals surface area contributed by atoms with Gasteiger partial charge in [0.1, 0.15) is 5.78 Å². The van der Waals surface area contributed by atoms with Gasteiger partial charge in [-0.15, -0.1) is 0 Å². The molecule has 3 aliphatic rings. The molecule has 0 saturated heterocycles. The number of rotatable bonds is 0. The van der Waals surface area contributed by atoms with Crippen LogP contribution in [0.1, 0.15) is 99.3 Å². The third kappa shape index (κ3) is 3.60. The highest BCUT2D eigenvalue weighted by Gasteiger charge is 2.58. The van der Waals surface area contributed by atoms with Crippen LogP contribution in [0.2, 0.25) is 0 Å². The fourth-order valence-electron chi connectivity index (χ4n) is 6.03. The van der Waals surface area contributed by atoms with E-state index in [1.165, 1.54) is 56.1 Å². The Labute approximate surface area is 161 Å². The van der Waals surface area contributed by atoms with E-state index in [1.807, 2.05) is 0 Å². The van der Waals surface area contributed by atoms with Gasteiger partial charge in [-0.3, -0.25) is 4.79 Å². The summed E-state index contributed by atoms with van der Waals surface area (Å²) >= 11 is 0. The molecule has 1 heteroatoms. The summed E-state index contributed by atoms with van der Waals surface area (Å²) in [5.41, 5.74) is 3.42. The Morgan fingerprint density at radius 3 is 2.19 bits per heavy atom. The SMILES string of the molecule is CC1=CCC2(C)CCC3(C)CCC(C)(C)C(=O)C3C2CCC(C)=CCC1. The molecule has 146 valence electrons. The van der Waals surface area contributed by atoms with Crippen LogP contribution in [0.5, 0.6) is 0 Å². The lowest BCUT2D eigenvalue weighted by Crippen LogP contribution is -2.56. The van der Waals surface area contributed by atoms with E-state index in [2.05, 4.69) is 53.7 Å². The standard InChI is InChI=1S/C25H40O/c1-18-8-7-9-19(2)12-13-24(5)16-17-25(6)15-14-23(3,4)22(26)21(25)20(24)11-10-18/h8,12,20-21H,7,9-11,13-17H2,1-6H3. The summed E-state index contributed by atoms with van der Waals surface area (Å²) in [4.78, 5) is 13.6. The number of fused-ring (bicyclic) bond motifs is 3. The lowest BCUT2D eigenvalue weighted by molar-refractivity contribution is -0.156. The second-order valence-corrected chi connectivity index (χ2v) is 11.0. The fourth-order valence-corrected chi connectivity index (χ4v) is 6.03. The molecule has 0 aliphatic heterocycles. The molecule has 3 aliphatic carbocycles. The zero-order valence-electron chi connectivity index (χ0n) is 18.1. The van der Waals surface area contributed by atoms with Crippen molar-refractivity contribution in [2.45, 2.75) is 99.3 Å². The molecule has 3 rings (SSSR count). The summed E-state index contributed by atoms with van der Waals surface area (Å²) in [6.07, 6.45) is 15.6. The summed E-state index contributed by atoms with van der Waals surface area (Å²) in [7, 11) is 0. The van der Waals surface area contributed by atoms with Crippen LogP contribution in [0.15, 0.2) is 23.3 Å². The third-order valence-electron chi connectivity index (χ3n) is 8.38. The Kier molecular flexibility index (Phi) is 5.32. The molecule has 4 unspecified atom stereocenters. The molecular weight excluding hydrogens is 316 g/mol. The lowest BCUT2D eigenvalue weighted by Gasteiger charge is -2.58. The van der Waals surface area contributed by atoms with Gasteiger partial charge in [0.15, 0.2) is 0 Å². The molecule has 0 aromatic heterocycles. The number of allylic oxidation sites excluding steroid dienone is 4. The van der Waals surface area contributed by atoms with Crippen molar-refractivity contribution < 1.29 is 4.79 Å². The highest BCUT2D eigenvalue weighted by atomic mass is 16.1. The van der Waals surface area contributed by atoms with Crippen LogP contribution in [0.4, 0.5) is 0 Å². The predicted molar refractivity (Wildman–Crippen MR) is 111 cm³/mol.